The molecule has 1 aromatic heterocycles. The molecular formula is C13H21N3OS. The van der Waals surface area contributed by atoms with Crippen LogP contribution in [-0.2, 0) is 6.54 Å². The third kappa shape index (κ3) is 3.31. The molecule has 0 bridgehead atoms. The van der Waals surface area contributed by atoms with E-state index < -0.39 is 0 Å². The van der Waals surface area contributed by atoms with Gasteiger partial charge in [0.2, 0.25) is 0 Å². The lowest BCUT2D eigenvalue weighted by atomic mass is 9.92. The van der Waals surface area contributed by atoms with E-state index in [9.17, 15) is 4.79 Å². The number of hydrazine groups is 1. The van der Waals surface area contributed by atoms with E-state index in [0.717, 1.165) is 31.5 Å². The molecule has 3 N–H and O–H groups in total. The predicted molar refractivity (Wildman–Crippen MR) is 74.2 cm³/mol. The van der Waals surface area contributed by atoms with E-state index in [4.69, 9.17) is 5.84 Å². The molecule has 2 heterocycles. The van der Waals surface area contributed by atoms with E-state index >= 15 is 0 Å². The lowest BCUT2D eigenvalue weighted by molar-refractivity contribution is 0.0957. The van der Waals surface area contributed by atoms with Gasteiger partial charge in [-0.1, -0.05) is 13.8 Å². The summed E-state index contributed by atoms with van der Waals surface area (Å²) in [7, 11) is 0. The number of nitrogens with one attached hydrogen (secondary N) is 1. The summed E-state index contributed by atoms with van der Waals surface area (Å²) in [5, 5.41) is 0. The molecular weight excluding hydrogens is 246 g/mol. The molecule has 18 heavy (non-hydrogen) atoms. The van der Waals surface area contributed by atoms with Gasteiger partial charge in [0.15, 0.2) is 0 Å². The second kappa shape index (κ2) is 5.82. The molecule has 1 aliphatic heterocycles. The van der Waals surface area contributed by atoms with E-state index in [2.05, 4.69) is 24.2 Å². The zero-order valence-corrected chi connectivity index (χ0v) is 11.8. The third-order valence-electron chi connectivity index (χ3n) is 3.34. The normalized spacial score (nSPS) is 25.1. The van der Waals surface area contributed by atoms with Crippen LogP contribution >= 0.6 is 11.3 Å². The number of nitrogens with zero attached hydrogens (tertiary/aromatic N) is 1. The molecule has 4 nitrogen and oxygen atoms in total. The van der Waals surface area contributed by atoms with Crippen LogP contribution in [0, 0.1) is 11.8 Å². The summed E-state index contributed by atoms with van der Waals surface area (Å²) in [6.07, 6.45) is 1.32. The molecule has 0 radical (unpaired) electrons. The summed E-state index contributed by atoms with van der Waals surface area (Å²) in [5.74, 6) is 6.46. The van der Waals surface area contributed by atoms with Crippen LogP contribution in [0.5, 0.6) is 0 Å². The molecule has 0 saturated carbocycles. The maximum Gasteiger partial charge on any atom is 0.275 e. The SMILES string of the molecule is CC1CC(C)CN(Cc2ccc(C(=O)NN)s2)C1. The van der Waals surface area contributed by atoms with Crippen molar-refractivity contribution in [1.29, 1.82) is 0 Å². The molecule has 1 fully saturated rings. The van der Waals surface area contributed by atoms with Crippen molar-refractivity contribution in [2.75, 3.05) is 13.1 Å². The smallest absolute Gasteiger partial charge is 0.275 e. The van der Waals surface area contributed by atoms with Gasteiger partial charge in [-0.3, -0.25) is 15.1 Å². The average Bonchev–Trinajstić information content (AvgIpc) is 2.75. The number of rotatable bonds is 3. The quantitative estimate of drug-likeness (QED) is 0.499. The van der Waals surface area contributed by atoms with Crippen LogP contribution in [0.15, 0.2) is 12.1 Å². The molecule has 1 aromatic rings. The van der Waals surface area contributed by atoms with Gasteiger partial charge in [0.05, 0.1) is 4.88 Å². The molecule has 2 rings (SSSR count). The first-order valence-electron chi connectivity index (χ1n) is 6.40. The second-order valence-electron chi connectivity index (χ2n) is 5.38. The van der Waals surface area contributed by atoms with Gasteiger partial charge in [0.25, 0.3) is 5.91 Å². The highest BCUT2D eigenvalue weighted by atomic mass is 32.1. The zero-order valence-electron chi connectivity index (χ0n) is 11.0. The summed E-state index contributed by atoms with van der Waals surface area (Å²) in [4.78, 5) is 15.8. The minimum Gasteiger partial charge on any atom is -0.298 e. The number of hydrogen-bond acceptors (Lipinski definition) is 4. The number of thiophene rings is 1. The standard InChI is InChI=1S/C13H21N3OS/c1-9-5-10(2)7-16(6-9)8-11-3-4-12(18-11)13(17)15-14/h3-4,9-10H,5-8,14H2,1-2H3,(H,15,17). The number of amides is 1. The van der Waals surface area contributed by atoms with Crippen molar-refractivity contribution < 1.29 is 4.79 Å². The first-order valence-corrected chi connectivity index (χ1v) is 7.22. The Hall–Kier alpha value is -0.910. The van der Waals surface area contributed by atoms with Gasteiger partial charge in [-0.05, 0) is 30.4 Å². The Balaban J connectivity index is 1.96. The Kier molecular flexibility index (Phi) is 4.37. The topological polar surface area (TPSA) is 58.4 Å². The highest BCUT2D eigenvalue weighted by Gasteiger charge is 2.22. The van der Waals surface area contributed by atoms with Crippen LogP contribution < -0.4 is 11.3 Å². The average molecular weight is 267 g/mol. The molecule has 0 aliphatic carbocycles. The molecule has 5 heteroatoms. The summed E-state index contributed by atoms with van der Waals surface area (Å²) in [6.45, 7) is 7.87. The molecule has 1 saturated heterocycles. The minimum absolute atomic E-state index is 0.202. The van der Waals surface area contributed by atoms with E-state index in [1.165, 1.54) is 22.6 Å². The maximum absolute atomic E-state index is 11.4. The highest BCUT2D eigenvalue weighted by molar-refractivity contribution is 7.14. The van der Waals surface area contributed by atoms with Crippen molar-refractivity contribution in [3.8, 4) is 0 Å². The predicted octanol–water partition coefficient (Wildman–Crippen LogP) is 1.83. The molecule has 2 unspecified atom stereocenters. The van der Waals surface area contributed by atoms with E-state index in [1.54, 1.807) is 0 Å². The largest absolute Gasteiger partial charge is 0.298 e. The van der Waals surface area contributed by atoms with Crippen molar-refractivity contribution in [2.24, 2.45) is 17.7 Å². The summed E-state index contributed by atoms with van der Waals surface area (Å²) < 4.78 is 0. The van der Waals surface area contributed by atoms with Crippen molar-refractivity contribution >= 4 is 17.2 Å². The monoisotopic (exact) mass is 267 g/mol. The van der Waals surface area contributed by atoms with Gasteiger partial charge < -0.3 is 0 Å². The van der Waals surface area contributed by atoms with E-state index in [1.807, 2.05) is 12.1 Å². The van der Waals surface area contributed by atoms with Gasteiger partial charge in [-0.2, -0.15) is 0 Å². The Morgan fingerprint density at radius 2 is 2.11 bits per heavy atom. The maximum atomic E-state index is 11.4. The van der Waals surface area contributed by atoms with Crippen LogP contribution in [-0.4, -0.2) is 23.9 Å². The second-order valence-corrected chi connectivity index (χ2v) is 6.55. The van der Waals surface area contributed by atoms with Gasteiger partial charge >= 0.3 is 0 Å². The van der Waals surface area contributed by atoms with E-state index in [-0.39, 0.29) is 5.91 Å². The summed E-state index contributed by atoms with van der Waals surface area (Å²) in [6, 6.07) is 3.87. The van der Waals surface area contributed by atoms with Crippen molar-refractivity contribution in [1.82, 2.24) is 10.3 Å². The van der Waals surface area contributed by atoms with Crippen LogP contribution in [0.3, 0.4) is 0 Å². The number of hydrogen-bond donors (Lipinski definition) is 2. The van der Waals surface area contributed by atoms with Crippen LogP contribution in [0.1, 0.15) is 34.8 Å². The molecule has 2 atom stereocenters. The van der Waals surface area contributed by atoms with Crippen molar-refractivity contribution in [3.63, 3.8) is 0 Å². The van der Waals surface area contributed by atoms with Gasteiger partial charge in [0.1, 0.15) is 0 Å². The van der Waals surface area contributed by atoms with Crippen molar-refractivity contribution in [2.45, 2.75) is 26.8 Å². The van der Waals surface area contributed by atoms with E-state index in [0.29, 0.717) is 4.88 Å². The number of nitrogens with two attached hydrogens (primary N) is 1. The number of carbonyl (C=O) groups excluding carboxylic acids is 1. The first kappa shape index (κ1) is 13.5. The lowest BCUT2D eigenvalue weighted by Gasteiger charge is -2.34. The molecule has 0 spiro atoms. The molecule has 0 aromatic carbocycles. The highest BCUT2D eigenvalue weighted by Crippen LogP contribution is 2.24. The zero-order chi connectivity index (χ0) is 13.1. The Labute approximate surface area is 112 Å². The molecule has 100 valence electrons. The van der Waals surface area contributed by atoms with Gasteiger partial charge in [-0.25, -0.2) is 5.84 Å². The fraction of sp³-hybridized carbons (Fsp3) is 0.615. The lowest BCUT2D eigenvalue weighted by Crippen LogP contribution is -2.37. The summed E-state index contributed by atoms with van der Waals surface area (Å²) >= 11 is 1.53. The Bertz CT molecular complexity index is 408. The minimum atomic E-state index is -0.202. The van der Waals surface area contributed by atoms with Crippen LogP contribution in [0.2, 0.25) is 0 Å². The fourth-order valence-corrected chi connectivity index (χ4v) is 3.75. The number of carbonyl (C=O) groups is 1. The Morgan fingerprint density at radius 3 is 2.72 bits per heavy atom. The number of likely N-dealkylation sites (tertiary alicyclic amines) is 1. The molecule has 1 amide bonds. The van der Waals surface area contributed by atoms with Crippen molar-refractivity contribution in [3.05, 3.63) is 21.9 Å². The Morgan fingerprint density at radius 1 is 1.44 bits per heavy atom. The van der Waals surface area contributed by atoms with Crippen LogP contribution in [0.25, 0.3) is 0 Å². The number of piperidine rings is 1. The number of nitrogen functional groups attached to an aromatic ring is 1. The van der Waals surface area contributed by atoms with Gasteiger partial charge in [-0.15, -0.1) is 11.3 Å². The summed E-state index contributed by atoms with van der Waals surface area (Å²) in [5.41, 5.74) is 2.17. The first-order chi connectivity index (χ1) is 8.58. The molecule has 1 aliphatic rings. The van der Waals surface area contributed by atoms with Gasteiger partial charge in [0, 0.05) is 24.5 Å². The fourth-order valence-electron chi connectivity index (χ4n) is 2.80. The third-order valence-corrected chi connectivity index (χ3v) is 4.41. The van der Waals surface area contributed by atoms with Crippen LogP contribution in [0.4, 0.5) is 0 Å².